The van der Waals surface area contributed by atoms with E-state index in [2.05, 4.69) is 6.92 Å². The summed E-state index contributed by atoms with van der Waals surface area (Å²) < 4.78 is 16.5. The van der Waals surface area contributed by atoms with Gasteiger partial charge in [-0.25, -0.2) is 9.59 Å². The van der Waals surface area contributed by atoms with Gasteiger partial charge in [-0.05, 0) is 66.6 Å². The lowest BCUT2D eigenvalue weighted by Gasteiger charge is -2.10. The first-order valence-electron chi connectivity index (χ1n) is 14.4. The van der Waals surface area contributed by atoms with Gasteiger partial charge >= 0.3 is 11.9 Å². The van der Waals surface area contributed by atoms with Crippen LogP contribution in [0.4, 0.5) is 0 Å². The van der Waals surface area contributed by atoms with Gasteiger partial charge in [-0.1, -0.05) is 76.8 Å². The average molecular weight is 558 g/mol. The van der Waals surface area contributed by atoms with Crippen molar-refractivity contribution in [2.75, 3.05) is 6.61 Å². The minimum absolute atomic E-state index is 0.0401. The van der Waals surface area contributed by atoms with Crippen LogP contribution in [0.2, 0.25) is 0 Å². The molecule has 3 rings (SSSR count). The second-order valence-corrected chi connectivity index (χ2v) is 10.0. The lowest BCUT2D eigenvalue weighted by Crippen LogP contribution is -2.10. The van der Waals surface area contributed by atoms with Crippen molar-refractivity contribution < 1.29 is 28.9 Å². The minimum atomic E-state index is -0.770. The van der Waals surface area contributed by atoms with Gasteiger partial charge in [0.05, 0.1) is 23.8 Å². The number of rotatable bonds is 17. The van der Waals surface area contributed by atoms with Crippen molar-refractivity contribution in [2.45, 2.75) is 77.7 Å². The fraction of sp³-hybridized carbons (Fsp3) is 0.382. The molecule has 0 spiro atoms. The largest absolute Gasteiger partial charge is 0.507 e. The molecule has 0 aromatic heterocycles. The highest BCUT2D eigenvalue weighted by Gasteiger charge is 2.17. The molecule has 0 atom stereocenters. The maximum Gasteiger partial charge on any atom is 0.343 e. The second kappa shape index (κ2) is 17.4. The van der Waals surface area contributed by atoms with Crippen LogP contribution >= 0.6 is 0 Å². The molecule has 0 saturated heterocycles. The van der Waals surface area contributed by atoms with Crippen LogP contribution in [0, 0.1) is 11.3 Å². The van der Waals surface area contributed by atoms with Gasteiger partial charge in [0.15, 0.2) is 0 Å². The van der Waals surface area contributed by atoms with Gasteiger partial charge in [-0.2, -0.15) is 5.26 Å². The van der Waals surface area contributed by atoms with Crippen LogP contribution in [0.25, 0.3) is 0 Å². The number of ether oxygens (including phenoxy) is 3. The number of hydrogen-bond acceptors (Lipinski definition) is 7. The van der Waals surface area contributed by atoms with E-state index in [0.29, 0.717) is 29.0 Å². The summed E-state index contributed by atoms with van der Waals surface area (Å²) in [5.41, 5.74) is 1.39. The Bertz CT molecular complexity index is 1280. The maximum atomic E-state index is 12.6. The third-order valence-corrected chi connectivity index (χ3v) is 6.71. The highest BCUT2D eigenvalue weighted by Crippen LogP contribution is 2.25. The molecule has 41 heavy (non-hydrogen) atoms. The number of carbonyl (C=O) groups excluding carboxylic acids is 2. The van der Waals surface area contributed by atoms with Crippen molar-refractivity contribution in [3.8, 4) is 23.3 Å². The van der Waals surface area contributed by atoms with E-state index in [-0.39, 0.29) is 23.7 Å². The third kappa shape index (κ3) is 11.0. The fourth-order valence-electron chi connectivity index (χ4n) is 4.28. The van der Waals surface area contributed by atoms with Crippen LogP contribution in [-0.2, 0) is 11.3 Å². The Hall–Kier alpha value is -4.31. The number of nitrogens with zero attached hydrogens (tertiary/aromatic N) is 1. The number of hydrogen-bond donors (Lipinski definition) is 1. The zero-order valence-electron chi connectivity index (χ0n) is 23.8. The summed E-state index contributed by atoms with van der Waals surface area (Å²) in [6.45, 7) is 2.84. The Kier molecular flexibility index (Phi) is 13.2. The van der Waals surface area contributed by atoms with Crippen LogP contribution in [0.3, 0.4) is 0 Å². The van der Waals surface area contributed by atoms with Crippen molar-refractivity contribution in [2.24, 2.45) is 0 Å². The smallest absolute Gasteiger partial charge is 0.343 e. The van der Waals surface area contributed by atoms with Crippen LogP contribution in [-0.4, -0.2) is 23.7 Å². The molecule has 0 fully saturated rings. The number of phenols is 1. The summed E-state index contributed by atoms with van der Waals surface area (Å²) in [7, 11) is 0. The lowest BCUT2D eigenvalue weighted by atomic mass is 10.1. The van der Waals surface area contributed by atoms with Gasteiger partial charge in [0, 0.05) is 0 Å². The monoisotopic (exact) mass is 557 g/mol. The highest BCUT2D eigenvalue weighted by atomic mass is 16.5. The van der Waals surface area contributed by atoms with Gasteiger partial charge in [-0.15, -0.1) is 0 Å². The molecule has 0 saturated carbocycles. The average Bonchev–Trinajstić information content (AvgIpc) is 3.00. The summed E-state index contributed by atoms with van der Waals surface area (Å²) in [6, 6.07) is 19.3. The molecule has 0 aliphatic rings. The van der Waals surface area contributed by atoms with E-state index in [9.17, 15) is 14.7 Å². The Morgan fingerprint density at radius 1 is 0.756 bits per heavy atom. The summed E-state index contributed by atoms with van der Waals surface area (Å²) in [6.07, 6.45) is 12.7. The fourth-order valence-corrected chi connectivity index (χ4v) is 4.28. The molecule has 0 aliphatic heterocycles. The predicted molar refractivity (Wildman–Crippen MR) is 157 cm³/mol. The summed E-state index contributed by atoms with van der Waals surface area (Å²) in [4.78, 5) is 25.2. The third-order valence-electron chi connectivity index (χ3n) is 6.71. The number of nitriles is 1. The minimum Gasteiger partial charge on any atom is -0.507 e. The zero-order chi connectivity index (χ0) is 29.3. The normalized spacial score (nSPS) is 10.5. The van der Waals surface area contributed by atoms with E-state index >= 15 is 0 Å². The molecule has 0 radical (unpaired) electrons. The Morgan fingerprint density at radius 3 is 2.00 bits per heavy atom. The number of esters is 2. The Labute approximate surface area is 242 Å². The number of carbonyl (C=O) groups is 2. The topological polar surface area (TPSA) is 106 Å². The van der Waals surface area contributed by atoms with Gasteiger partial charge in [0.2, 0.25) is 0 Å². The molecule has 0 amide bonds. The molecule has 1 N–H and O–H groups in total. The standard InChI is InChI=1S/C34H39NO6/c1-2-3-4-5-6-7-8-9-10-11-22-39-29-18-16-28(17-19-29)33(37)41-30-20-21-32(36)31(23-30)34(38)40-25-27-14-12-26(24-35)13-15-27/h12-21,23,36H,2-11,22,25H2,1H3. The molecule has 7 nitrogen and oxygen atoms in total. The van der Waals surface area contributed by atoms with Crippen LogP contribution in [0.1, 0.15) is 103 Å². The van der Waals surface area contributed by atoms with Gasteiger partial charge in [0.1, 0.15) is 29.4 Å². The molecule has 3 aromatic rings. The lowest BCUT2D eigenvalue weighted by molar-refractivity contribution is 0.0467. The summed E-state index contributed by atoms with van der Waals surface area (Å²) in [5, 5.41) is 19.0. The molecular weight excluding hydrogens is 518 g/mol. The summed E-state index contributed by atoms with van der Waals surface area (Å²) in [5.74, 6) is -0.880. The van der Waals surface area contributed by atoms with E-state index in [0.717, 1.165) is 12.8 Å². The SMILES string of the molecule is CCCCCCCCCCCCOc1ccc(C(=O)Oc2ccc(O)c(C(=O)OCc3ccc(C#N)cc3)c2)cc1. The quantitative estimate of drug-likeness (QED) is 0.101. The van der Waals surface area contributed by atoms with Crippen molar-refractivity contribution in [3.05, 3.63) is 89.0 Å². The van der Waals surface area contributed by atoms with E-state index in [4.69, 9.17) is 19.5 Å². The maximum absolute atomic E-state index is 12.6. The van der Waals surface area contributed by atoms with Crippen molar-refractivity contribution in [1.82, 2.24) is 0 Å². The number of unbranched alkanes of at least 4 members (excludes halogenated alkanes) is 9. The Morgan fingerprint density at radius 2 is 1.37 bits per heavy atom. The molecule has 216 valence electrons. The Balaban J connectivity index is 1.40. The molecule has 7 heteroatoms. The van der Waals surface area contributed by atoms with E-state index in [1.165, 1.54) is 69.6 Å². The summed E-state index contributed by atoms with van der Waals surface area (Å²) >= 11 is 0. The zero-order valence-corrected chi connectivity index (χ0v) is 23.8. The first kappa shape index (κ1) is 31.2. The van der Waals surface area contributed by atoms with Crippen molar-refractivity contribution in [1.29, 1.82) is 5.26 Å². The molecule has 0 unspecified atom stereocenters. The van der Waals surface area contributed by atoms with Gasteiger partial charge < -0.3 is 19.3 Å². The molecule has 0 heterocycles. The number of phenolic OH excluding ortho intramolecular Hbond substituents is 1. The van der Waals surface area contributed by atoms with Crippen LogP contribution < -0.4 is 9.47 Å². The molecule has 0 aliphatic carbocycles. The number of aromatic hydroxyl groups is 1. The number of benzene rings is 3. The second-order valence-electron chi connectivity index (χ2n) is 10.0. The highest BCUT2D eigenvalue weighted by molar-refractivity contribution is 5.94. The predicted octanol–water partition coefficient (Wildman–Crippen LogP) is 8.14. The van der Waals surface area contributed by atoms with E-state index < -0.39 is 11.9 Å². The van der Waals surface area contributed by atoms with E-state index in [1.54, 1.807) is 48.5 Å². The van der Waals surface area contributed by atoms with Gasteiger partial charge in [-0.3, -0.25) is 0 Å². The molecule has 0 bridgehead atoms. The van der Waals surface area contributed by atoms with Gasteiger partial charge in [0.25, 0.3) is 0 Å². The van der Waals surface area contributed by atoms with Crippen LogP contribution in [0.15, 0.2) is 66.7 Å². The molecule has 3 aromatic carbocycles. The first-order chi connectivity index (χ1) is 20.0. The molecular formula is C34H39NO6. The van der Waals surface area contributed by atoms with Crippen molar-refractivity contribution >= 4 is 11.9 Å². The van der Waals surface area contributed by atoms with Crippen LogP contribution in [0.5, 0.6) is 17.2 Å². The van der Waals surface area contributed by atoms with Crippen molar-refractivity contribution in [3.63, 3.8) is 0 Å². The first-order valence-corrected chi connectivity index (χ1v) is 14.4. The van der Waals surface area contributed by atoms with E-state index in [1.807, 2.05) is 6.07 Å².